The molecule has 19 heavy (non-hydrogen) atoms. The molecule has 0 aliphatic rings. The zero-order chi connectivity index (χ0) is 13.7. The number of carbonyl (C=O) groups is 1. The first-order chi connectivity index (χ1) is 9.20. The molecule has 0 aliphatic heterocycles. The van der Waals surface area contributed by atoms with E-state index >= 15 is 0 Å². The maximum absolute atomic E-state index is 12.2. The number of H-pyrrole nitrogens is 1. The zero-order valence-corrected chi connectivity index (χ0v) is 10.8. The summed E-state index contributed by atoms with van der Waals surface area (Å²) in [5, 5.41) is 6.48. The quantitative estimate of drug-likeness (QED) is 0.822. The van der Waals surface area contributed by atoms with Gasteiger partial charge in [0.25, 0.3) is 5.91 Å². The van der Waals surface area contributed by atoms with E-state index in [4.69, 9.17) is 5.73 Å². The Hall–Kier alpha value is -2.21. The largest absolute Gasteiger partial charge is 0.334 e. The van der Waals surface area contributed by atoms with Crippen LogP contribution in [0, 0.1) is 0 Å². The second-order valence-electron chi connectivity index (χ2n) is 4.33. The fraction of sp³-hybridized carbons (Fsp3) is 0.308. The molecule has 2 rings (SSSR count). The molecule has 3 N–H and O–H groups in total. The van der Waals surface area contributed by atoms with Crippen LogP contribution in [0.15, 0.2) is 30.6 Å². The van der Waals surface area contributed by atoms with Crippen LogP contribution in [0.5, 0.6) is 0 Å². The van der Waals surface area contributed by atoms with Crippen molar-refractivity contribution in [3.8, 4) is 0 Å². The lowest BCUT2D eigenvalue weighted by Crippen LogP contribution is -2.26. The van der Waals surface area contributed by atoms with E-state index in [1.165, 1.54) is 6.33 Å². The van der Waals surface area contributed by atoms with E-state index in [0.29, 0.717) is 24.5 Å². The fourth-order valence-electron chi connectivity index (χ4n) is 1.80. The van der Waals surface area contributed by atoms with Crippen molar-refractivity contribution in [3.05, 3.63) is 47.5 Å². The second-order valence-corrected chi connectivity index (χ2v) is 4.33. The number of hydrogen-bond donors (Lipinski definition) is 2. The van der Waals surface area contributed by atoms with E-state index < -0.39 is 0 Å². The Bertz CT molecular complexity index is 520. The van der Waals surface area contributed by atoms with Crippen LogP contribution < -0.4 is 5.73 Å². The van der Waals surface area contributed by atoms with E-state index in [9.17, 15) is 4.79 Å². The topological polar surface area (TPSA) is 87.9 Å². The maximum atomic E-state index is 12.2. The van der Waals surface area contributed by atoms with Gasteiger partial charge in [-0.2, -0.15) is 5.10 Å². The number of nitrogens with one attached hydrogen (secondary N) is 1. The number of hydrogen-bond acceptors (Lipinski definition) is 4. The average Bonchev–Trinajstić information content (AvgIpc) is 2.92. The van der Waals surface area contributed by atoms with E-state index in [-0.39, 0.29) is 5.91 Å². The van der Waals surface area contributed by atoms with Crippen LogP contribution in [0.4, 0.5) is 0 Å². The first kappa shape index (κ1) is 13.2. The Balaban J connectivity index is 2.02. The van der Waals surface area contributed by atoms with E-state index in [0.717, 1.165) is 12.0 Å². The van der Waals surface area contributed by atoms with Crippen LogP contribution in [0.1, 0.15) is 21.7 Å². The number of nitrogens with zero attached hydrogens (tertiary/aromatic N) is 3. The van der Waals surface area contributed by atoms with Crippen molar-refractivity contribution in [1.82, 2.24) is 20.1 Å². The summed E-state index contributed by atoms with van der Waals surface area (Å²) in [4.78, 5) is 17.8. The van der Waals surface area contributed by atoms with Gasteiger partial charge < -0.3 is 10.6 Å². The van der Waals surface area contributed by atoms with Gasteiger partial charge in [-0.3, -0.25) is 9.89 Å². The third-order valence-electron chi connectivity index (χ3n) is 2.83. The summed E-state index contributed by atoms with van der Waals surface area (Å²) in [6, 6.07) is 7.51. The Labute approximate surface area is 111 Å². The molecule has 6 heteroatoms. The molecule has 0 unspecified atom stereocenters. The van der Waals surface area contributed by atoms with Gasteiger partial charge in [-0.05, 0) is 30.7 Å². The van der Waals surface area contributed by atoms with E-state index in [1.54, 1.807) is 11.9 Å². The highest BCUT2D eigenvalue weighted by Crippen LogP contribution is 2.08. The highest BCUT2D eigenvalue weighted by atomic mass is 16.2. The van der Waals surface area contributed by atoms with Gasteiger partial charge in [0.15, 0.2) is 0 Å². The molecule has 1 aromatic carbocycles. The number of carbonyl (C=O) groups excluding carboxylic acids is 1. The summed E-state index contributed by atoms with van der Waals surface area (Å²) in [5.41, 5.74) is 7.28. The Morgan fingerprint density at radius 2 is 2.11 bits per heavy atom. The Kier molecular flexibility index (Phi) is 4.25. The standard InChI is InChI=1S/C13H17N5O/c1-18(8-12-15-9-16-17-12)13(19)11-4-2-10(3-5-11)6-7-14/h2-5,9H,6-8,14H2,1H3,(H,15,16,17). The molecule has 6 nitrogen and oxygen atoms in total. The van der Waals surface area contributed by atoms with Crippen molar-refractivity contribution in [1.29, 1.82) is 0 Å². The minimum Gasteiger partial charge on any atom is -0.334 e. The molecule has 1 amide bonds. The number of nitrogens with two attached hydrogens (primary N) is 1. The van der Waals surface area contributed by atoms with Gasteiger partial charge in [-0.1, -0.05) is 12.1 Å². The summed E-state index contributed by atoms with van der Waals surface area (Å²) in [5.74, 6) is 0.617. The third-order valence-corrected chi connectivity index (χ3v) is 2.83. The van der Waals surface area contributed by atoms with Crippen molar-refractivity contribution >= 4 is 5.91 Å². The van der Waals surface area contributed by atoms with Crippen molar-refractivity contribution in [2.75, 3.05) is 13.6 Å². The number of amides is 1. The monoisotopic (exact) mass is 259 g/mol. The summed E-state index contributed by atoms with van der Waals surface area (Å²) in [6.07, 6.45) is 2.25. The van der Waals surface area contributed by atoms with E-state index in [1.807, 2.05) is 24.3 Å². The second kappa shape index (κ2) is 6.10. The number of aromatic nitrogens is 3. The molecule has 0 aliphatic carbocycles. The molecule has 0 spiro atoms. The summed E-state index contributed by atoms with van der Waals surface area (Å²) in [6.45, 7) is 1.02. The molecule has 0 saturated carbocycles. The van der Waals surface area contributed by atoms with Crippen molar-refractivity contribution in [2.45, 2.75) is 13.0 Å². The number of rotatable bonds is 5. The van der Waals surface area contributed by atoms with Crippen LogP contribution in [-0.2, 0) is 13.0 Å². The zero-order valence-electron chi connectivity index (χ0n) is 10.8. The minimum atomic E-state index is -0.0456. The Morgan fingerprint density at radius 3 is 2.68 bits per heavy atom. The average molecular weight is 259 g/mol. The van der Waals surface area contributed by atoms with Crippen molar-refractivity contribution in [2.24, 2.45) is 5.73 Å². The lowest BCUT2D eigenvalue weighted by Gasteiger charge is -2.15. The van der Waals surface area contributed by atoms with E-state index in [2.05, 4.69) is 15.2 Å². The highest BCUT2D eigenvalue weighted by molar-refractivity contribution is 5.94. The molecule has 0 bridgehead atoms. The first-order valence-corrected chi connectivity index (χ1v) is 6.09. The molecule has 0 fully saturated rings. The van der Waals surface area contributed by atoms with Gasteiger partial charge in [0.2, 0.25) is 0 Å². The molecular weight excluding hydrogens is 242 g/mol. The van der Waals surface area contributed by atoms with Gasteiger partial charge in [0.05, 0.1) is 6.54 Å². The predicted octanol–water partition coefficient (Wildman–Crippen LogP) is 0.578. The molecule has 100 valence electrons. The van der Waals surface area contributed by atoms with Gasteiger partial charge in [-0.15, -0.1) is 0 Å². The molecular formula is C13H17N5O. The predicted molar refractivity (Wildman–Crippen MR) is 71.4 cm³/mol. The summed E-state index contributed by atoms with van der Waals surface area (Å²) in [7, 11) is 1.73. The lowest BCUT2D eigenvalue weighted by atomic mass is 10.1. The molecule has 1 aromatic heterocycles. The fourth-order valence-corrected chi connectivity index (χ4v) is 1.80. The van der Waals surface area contributed by atoms with Crippen LogP contribution in [-0.4, -0.2) is 39.6 Å². The smallest absolute Gasteiger partial charge is 0.254 e. The molecule has 2 aromatic rings. The van der Waals surface area contributed by atoms with Crippen LogP contribution in [0.3, 0.4) is 0 Å². The minimum absolute atomic E-state index is 0.0456. The SMILES string of the molecule is CN(Cc1ncn[nH]1)C(=O)c1ccc(CCN)cc1. The van der Waals surface area contributed by atoms with Crippen LogP contribution in [0.25, 0.3) is 0 Å². The Morgan fingerprint density at radius 1 is 1.37 bits per heavy atom. The number of aromatic amines is 1. The first-order valence-electron chi connectivity index (χ1n) is 6.09. The van der Waals surface area contributed by atoms with Crippen molar-refractivity contribution in [3.63, 3.8) is 0 Å². The molecule has 0 radical (unpaired) electrons. The van der Waals surface area contributed by atoms with Crippen LogP contribution >= 0.6 is 0 Å². The van der Waals surface area contributed by atoms with Gasteiger partial charge >= 0.3 is 0 Å². The lowest BCUT2D eigenvalue weighted by molar-refractivity contribution is 0.0781. The molecule has 0 saturated heterocycles. The molecule has 1 heterocycles. The maximum Gasteiger partial charge on any atom is 0.254 e. The third kappa shape index (κ3) is 3.38. The number of benzene rings is 1. The normalized spacial score (nSPS) is 10.4. The summed E-state index contributed by atoms with van der Waals surface area (Å²) < 4.78 is 0. The summed E-state index contributed by atoms with van der Waals surface area (Å²) >= 11 is 0. The van der Waals surface area contributed by atoms with Gasteiger partial charge in [0, 0.05) is 12.6 Å². The van der Waals surface area contributed by atoms with Crippen LogP contribution in [0.2, 0.25) is 0 Å². The van der Waals surface area contributed by atoms with Gasteiger partial charge in [-0.25, -0.2) is 4.98 Å². The molecule has 0 atom stereocenters. The van der Waals surface area contributed by atoms with Gasteiger partial charge in [0.1, 0.15) is 12.2 Å². The highest BCUT2D eigenvalue weighted by Gasteiger charge is 2.12. The van der Waals surface area contributed by atoms with Crippen molar-refractivity contribution < 1.29 is 4.79 Å².